The van der Waals surface area contributed by atoms with Gasteiger partial charge >= 0.3 is 0 Å². The molecule has 0 spiro atoms. The number of benzene rings is 1. The summed E-state index contributed by atoms with van der Waals surface area (Å²) in [6.07, 6.45) is 2.72. The van der Waals surface area contributed by atoms with Crippen molar-refractivity contribution in [1.82, 2.24) is 19.7 Å². The monoisotopic (exact) mass is 429 g/mol. The van der Waals surface area contributed by atoms with E-state index in [0.29, 0.717) is 17.4 Å². The number of thiazole rings is 1. The van der Waals surface area contributed by atoms with Gasteiger partial charge in [0, 0.05) is 45.0 Å². The van der Waals surface area contributed by atoms with Gasteiger partial charge in [0.1, 0.15) is 5.75 Å². The van der Waals surface area contributed by atoms with Crippen molar-refractivity contribution in [3.05, 3.63) is 35.7 Å². The van der Waals surface area contributed by atoms with Gasteiger partial charge < -0.3 is 9.47 Å². The molecule has 1 fully saturated rings. The number of fused-ring (bicyclic) bond motifs is 1. The highest BCUT2D eigenvalue weighted by molar-refractivity contribution is 7.22. The third-order valence-electron chi connectivity index (χ3n) is 5.23. The first-order valence-corrected chi connectivity index (χ1v) is 10.9. The summed E-state index contributed by atoms with van der Waals surface area (Å²) in [6.45, 7) is 6.85. The molecule has 0 aliphatic carbocycles. The zero-order valence-corrected chi connectivity index (χ0v) is 18.4. The van der Waals surface area contributed by atoms with Gasteiger partial charge in [0.05, 0.1) is 30.5 Å². The van der Waals surface area contributed by atoms with Gasteiger partial charge in [0.15, 0.2) is 10.8 Å². The average molecular weight is 430 g/mol. The number of hydrogen-bond donors (Lipinski definition) is 0. The zero-order chi connectivity index (χ0) is 21.1. The Hall–Kier alpha value is -2.49. The van der Waals surface area contributed by atoms with E-state index in [1.165, 1.54) is 11.3 Å². The number of methoxy groups -OCH3 is 1. The summed E-state index contributed by atoms with van der Waals surface area (Å²) in [4.78, 5) is 22.3. The lowest BCUT2D eigenvalue weighted by atomic mass is 10.2. The van der Waals surface area contributed by atoms with Crippen molar-refractivity contribution in [2.24, 2.45) is 7.05 Å². The first-order valence-electron chi connectivity index (χ1n) is 10.1. The first kappa shape index (κ1) is 20.8. The number of hydrogen-bond acceptors (Lipinski definition) is 7. The molecule has 3 aromatic rings. The van der Waals surface area contributed by atoms with Crippen molar-refractivity contribution in [3.63, 3.8) is 0 Å². The smallest absolute Gasteiger partial charge is 0.280 e. The minimum atomic E-state index is -0.110. The zero-order valence-electron chi connectivity index (χ0n) is 17.6. The molecule has 0 atom stereocenters. The van der Waals surface area contributed by atoms with Crippen LogP contribution >= 0.6 is 11.3 Å². The number of morpholine rings is 1. The standard InChI is InChI=1S/C21H27N5O3S/c1-15-14-24(2)23-19(15)20(27)26(8-4-7-25-9-11-29-12-10-25)21-22-17-6-5-16(28-3)13-18(17)30-21/h5-6,13-14H,4,7-12H2,1-3H3. The van der Waals surface area contributed by atoms with Crippen LogP contribution in [0.25, 0.3) is 10.2 Å². The predicted octanol–water partition coefficient (Wildman–Crippen LogP) is 2.72. The summed E-state index contributed by atoms with van der Waals surface area (Å²) in [7, 11) is 3.48. The van der Waals surface area contributed by atoms with E-state index >= 15 is 0 Å². The van der Waals surface area contributed by atoms with Gasteiger partial charge in [-0.2, -0.15) is 5.10 Å². The fourth-order valence-electron chi connectivity index (χ4n) is 3.64. The predicted molar refractivity (Wildman–Crippen MR) is 118 cm³/mol. The van der Waals surface area contributed by atoms with E-state index in [1.807, 2.05) is 38.4 Å². The summed E-state index contributed by atoms with van der Waals surface area (Å²) < 4.78 is 13.4. The van der Waals surface area contributed by atoms with E-state index < -0.39 is 0 Å². The number of ether oxygens (including phenoxy) is 2. The number of carbonyl (C=O) groups is 1. The Balaban J connectivity index is 1.59. The molecule has 0 bridgehead atoms. The third kappa shape index (κ3) is 4.48. The van der Waals surface area contributed by atoms with Crippen LogP contribution < -0.4 is 9.64 Å². The highest BCUT2D eigenvalue weighted by atomic mass is 32.1. The van der Waals surface area contributed by atoms with Crippen LogP contribution in [-0.2, 0) is 11.8 Å². The van der Waals surface area contributed by atoms with Gasteiger partial charge in [-0.1, -0.05) is 11.3 Å². The number of rotatable bonds is 7. The van der Waals surface area contributed by atoms with Crippen LogP contribution in [0.4, 0.5) is 5.13 Å². The molecule has 9 heteroatoms. The lowest BCUT2D eigenvalue weighted by Gasteiger charge is -2.27. The van der Waals surface area contributed by atoms with E-state index in [9.17, 15) is 4.79 Å². The maximum absolute atomic E-state index is 13.4. The number of aromatic nitrogens is 3. The van der Waals surface area contributed by atoms with Crippen LogP contribution in [0.15, 0.2) is 24.4 Å². The molecule has 0 N–H and O–H groups in total. The lowest BCUT2D eigenvalue weighted by Crippen LogP contribution is -2.39. The Labute approximate surface area is 180 Å². The number of amides is 1. The van der Waals surface area contributed by atoms with Crippen LogP contribution in [0.3, 0.4) is 0 Å². The molecule has 1 amide bonds. The van der Waals surface area contributed by atoms with Crippen molar-refractivity contribution < 1.29 is 14.3 Å². The molecule has 1 aliphatic rings. The summed E-state index contributed by atoms with van der Waals surface area (Å²) in [5.74, 6) is 0.671. The Bertz CT molecular complexity index is 1020. The van der Waals surface area contributed by atoms with E-state index in [0.717, 1.165) is 60.8 Å². The molecule has 1 aromatic carbocycles. The van der Waals surface area contributed by atoms with Crippen LogP contribution in [0.1, 0.15) is 22.5 Å². The van der Waals surface area contributed by atoms with Gasteiger partial charge in [0.2, 0.25) is 0 Å². The van der Waals surface area contributed by atoms with Crippen molar-refractivity contribution in [3.8, 4) is 5.75 Å². The minimum absolute atomic E-state index is 0.110. The summed E-state index contributed by atoms with van der Waals surface area (Å²) >= 11 is 1.50. The number of aryl methyl sites for hydroxylation is 2. The maximum atomic E-state index is 13.4. The molecule has 0 unspecified atom stereocenters. The summed E-state index contributed by atoms with van der Waals surface area (Å²) in [5.41, 5.74) is 2.20. The molecular weight excluding hydrogens is 402 g/mol. The molecule has 30 heavy (non-hydrogen) atoms. The van der Waals surface area contributed by atoms with Crippen molar-refractivity contribution in [2.45, 2.75) is 13.3 Å². The molecule has 1 saturated heterocycles. The molecule has 0 radical (unpaired) electrons. The molecular formula is C21H27N5O3S. The van der Waals surface area contributed by atoms with Gasteiger partial charge in [-0.3, -0.25) is 19.3 Å². The SMILES string of the molecule is COc1ccc2nc(N(CCCN3CCOCC3)C(=O)c3nn(C)cc3C)sc2c1. The average Bonchev–Trinajstić information content (AvgIpc) is 3.33. The molecule has 3 heterocycles. The number of anilines is 1. The minimum Gasteiger partial charge on any atom is -0.497 e. The van der Waals surface area contributed by atoms with Crippen molar-refractivity contribution in [2.75, 3.05) is 51.4 Å². The molecule has 4 rings (SSSR count). The van der Waals surface area contributed by atoms with Crippen LogP contribution in [-0.4, -0.2) is 72.1 Å². The third-order valence-corrected chi connectivity index (χ3v) is 6.28. The van der Waals surface area contributed by atoms with Crippen LogP contribution in [0, 0.1) is 6.92 Å². The quantitative estimate of drug-likeness (QED) is 0.575. The molecule has 160 valence electrons. The van der Waals surface area contributed by atoms with Crippen LogP contribution in [0.2, 0.25) is 0 Å². The Morgan fingerprint density at radius 2 is 2.13 bits per heavy atom. The topological polar surface area (TPSA) is 72.7 Å². The summed E-state index contributed by atoms with van der Waals surface area (Å²) in [5, 5.41) is 5.08. The Morgan fingerprint density at radius 3 is 2.83 bits per heavy atom. The van der Waals surface area contributed by atoms with Gasteiger partial charge in [0.25, 0.3) is 5.91 Å². The molecule has 0 saturated carbocycles. The fourth-order valence-corrected chi connectivity index (χ4v) is 4.66. The fraction of sp³-hybridized carbons (Fsp3) is 0.476. The normalized spacial score (nSPS) is 14.9. The Kier molecular flexibility index (Phi) is 6.31. The van der Waals surface area contributed by atoms with Crippen molar-refractivity contribution in [1.29, 1.82) is 0 Å². The van der Waals surface area contributed by atoms with E-state index in [1.54, 1.807) is 16.7 Å². The number of carbonyl (C=O) groups excluding carboxylic acids is 1. The Morgan fingerprint density at radius 1 is 1.33 bits per heavy atom. The second kappa shape index (κ2) is 9.11. The molecule has 8 nitrogen and oxygen atoms in total. The molecule has 2 aromatic heterocycles. The summed E-state index contributed by atoms with van der Waals surface area (Å²) in [6, 6.07) is 5.77. The molecule has 1 aliphatic heterocycles. The number of nitrogens with zero attached hydrogens (tertiary/aromatic N) is 5. The highest BCUT2D eigenvalue weighted by Gasteiger charge is 2.25. The van der Waals surface area contributed by atoms with Gasteiger partial charge in [-0.15, -0.1) is 0 Å². The maximum Gasteiger partial charge on any atom is 0.280 e. The largest absolute Gasteiger partial charge is 0.497 e. The van der Waals surface area contributed by atoms with E-state index in [4.69, 9.17) is 14.5 Å². The second-order valence-electron chi connectivity index (χ2n) is 7.43. The van der Waals surface area contributed by atoms with Gasteiger partial charge in [-0.05, 0) is 31.5 Å². The van der Waals surface area contributed by atoms with E-state index in [-0.39, 0.29) is 5.91 Å². The second-order valence-corrected chi connectivity index (χ2v) is 8.44. The van der Waals surface area contributed by atoms with Crippen molar-refractivity contribution >= 4 is 32.6 Å². The first-order chi connectivity index (χ1) is 14.5. The van der Waals surface area contributed by atoms with Crippen LogP contribution in [0.5, 0.6) is 5.75 Å². The lowest BCUT2D eigenvalue weighted by molar-refractivity contribution is 0.0376. The highest BCUT2D eigenvalue weighted by Crippen LogP contribution is 2.32. The van der Waals surface area contributed by atoms with Gasteiger partial charge in [-0.25, -0.2) is 4.98 Å². The van der Waals surface area contributed by atoms with E-state index in [2.05, 4.69) is 10.00 Å².